The number of benzene rings is 1. The van der Waals surface area contributed by atoms with Gasteiger partial charge in [-0.1, -0.05) is 6.07 Å². The van der Waals surface area contributed by atoms with E-state index in [0.29, 0.717) is 23.5 Å². The Morgan fingerprint density at radius 3 is 2.25 bits per heavy atom. The van der Waals surface area contributed by atoms with Crippen molar-refractivity contribution in [2.75, 3.05) is 18.0 Å². The third kappa shape index (κ3) is 3.35. The van der Waals surface area contributed by atoms with Gasteiger partial charge in [-0.2, -0.15) is 0 Å². The maximum atomic E-state index is 14.4. The third-order valence-corrected chi connectivity index (χ3v) is 5.75. The van der Waals surface area contributed by atoms with Crippen LogP contribution in [-0.4, -0.2) is 33.0 Å². The van der Waals surface area contributed by atoms with Crippen LogP contribution >= 0.6 is 0 Å². The van der Waals surface area contributed by atoms with Crippen LogP contribution in [0.2, 0.25) is 0 Å². The summed E-state index contributed by atoms with van der Waals surface area (Å²) in [7, 11) is 0. The van der Waals surface area contributed by atoms with Gasteiger partial charge in [-0.05, 0) is 66.8 Å². The Hall–Kier alpha value is -2.89. The van der Waals surface area contributed by atoms with Crippen molar-refractivity contribution in [1.82, 2.24) is 19.9 Å². The van der Waals surface area contributed by atoms with E-state index >= 15 is 0 Å². The Balaban J connectivity index is 1.33. The highest BCUT2D eigenvalue weighted by atomic mass is 19.1. The molecule has 6 heteroatoms. The molecule has 0 spiro atoms. The van der Waals surface area contributed by atoms with Gasteiger partial charge < -0.3 is 4.90 Å². The fourth-order valence-electron chi connectivity index (χ4n) is 4.13. The van der Waals surface area contributed by atoms with E-state index in [2.05, 4.69) is 30.9 Å². The van der Waals surface area contributed by atoms with Crippen LogP contribution in [0.3, 0.4) is 0 Å². The van der Waals surface area contributed by atoms with E-state index in [4.69, 9.17) is 0 Å². The first-order valence-corrected chi connectivity index (χ1v) is 9.93. The number of aromatic nitrogens is 4. The van der Waals surface area contributed by atoms with Crippen LogP contribution in [0.5, 0.6) is 0 Å². The zero-order chi connectivity index (χ0) is 18.9. The molecule has 142 valence electrons. The van der Waals surface area contributed by atoms with Crippen molar-refractivity contribution in [3.63, 3.8) is 0 Å². The topological polar surface area (TPSA) is 54.8 Å². The summed E-state index contributed by atoms with van der Waals surface area (Å²) in [5.74, 6) is 1.76. The summed E-state index contributed by atoms with van der Waals surface area (Å²) in [4.78, 5) is 19.4. The van der Waals surface area contributed by atoms with Crippen LogP contribution < -0.4 is 4.90 Å². The predicted octanol–water partition coefficient (Wildman–Crippen LogP) is 4.33. The smallest absolute Gasteiger partial charge is 0.197 e. The van der Waals surface area contributed by atoms with Gasteiger partial charge in [-0.3, -0.25) is 0 Å². The van der Waals surface area contributed by atoms with E-state index in [9.17, 15) is 4.39 Å². The second kappa shape index (κ2) is 7.26. The fraction of sp³-hybridized carbons (Fsp3) is 0.364. The summed E-state index contributed by atoms with van der Waals surface area (Å²) in [5.41, 5.74) is 3.09. The number of anilines is 1. The van der Waals surface area contributed by atoms with Gasteiger partial charge >= 0.3 is 0 Å². The maximum Gasteiger partial charge on any atom is 0.197 e. The molecule has 2 unspecified atom stereocenters. The molecule has 0 N–H and O–H groups in total. The summed E-state index contributed by atoms with van der Waals surface area (Å²) in [6.45, 7) is 1.90. The van der Waals surface area contributed by atoms with Crippen LogP contribution in [-0.2, 0) is 0 Å². The van der Waals surface area contributed by atoms with Crippen molar-refractivity contribution >= 4 is 5.69 Å². The van der Waals surface area contributed by atoms with Crippen molar-refractivity contribution in [2.24, 2.45) is 0 Å². The normalized spacial score (nSPS) is 21.5. The van der Waals surface area contributed by atoms with Crippen molar-refractivity contribution < 1.29 is 4.39 Å². The van der Waals surface area contributed by atoms with Gasteiger partial charge in [0.2, 0.25) is 0 Å². The lowest BCUT2D eigenvalue weighted by molar-refractivity contribution is 0.556. The Labute approximate surface area is 163 Å². The number of nitrogens with zero attached hydrogens (tertiary/aromatic N) is 5. The Morgan fingerprint density at radius 1 is 0.821 bits per heavy atom. The van der Waals surface area contributed by atoms with Crippen LogP contribution in [0.15, 0.2) is 49.1 Å². The summed E-state index contributed by atoms with van der Waals surface area (Å²) in [6, 6.07) is 7.38. The van der Waals surface area contributed by atoms with Gasteiger partial charge in [0.15, 0.2) is 11.6 Å². The molecule has 2 fully saturated rings. The van der Waals surface area contributed by atoms with E-state index < -0.39 is 0 Å². The largest absolute Gasteiger partial charge is 0.369 e. The monoisotopic (exact) mass is 375 g/mol. The third-order valence-electron chi connectivity index (χ3n) is 5.75. The zero-order valence-electron chi connectivity index (χ0n) is 15.6. The molecule has 1 aromatic carbocycles. The highest BCUT2D eigenvalue weighted by Crippen LogP contribution is 2.54. The first-order valence-electron chi connectivity index (χ1n) is 9.93. The lowest BCUT2D eigenvalue weighted by Crippen LogP contribution is -2.30. The molecule has 2 aliphatic rings. The molecule has 1 saturated heterocycles. The standard InChI is InChI=1S/C22H22FN5/c23-19-6-5-15(11-20(19)28-9-2-1-3-10-28)17-12-18(17)16-13-26-22(27-14-16)21-24-7-4-8-25-21/h4-8,11,13-14,17-18H,1-3,9-10,12H2. The number of hydrogen-bond acceptors (Lipinski definition) is 5. The van der Waals surface area contributed by atoms with E-state index in [-0.39, 0.29) is 5.82 Å². The maximum absolute atomic E-state index is 14.4. The second-order valence-electron chi connectivity index (χ2n) is 7.62. The SMILES string of the molecule is Fc1ccc(C2CC2c2cnc(-c3ncccn3)nc2)cc1N1CCCCC1. The summed E-state index contributed by atoms with van der Waals surface area (Å²) in [6.07, 6.45) is 11.7. The minimum atomic E-state index is -0.113. The molecular formula is C22H22FN5. The van der Waals surface area contributed by atoms with E-state index in [1.54, 1.807) is 24.5 Å². The fourth-order valence-corrected chi connectivity index (χ4v) is 4.13. The van der Waals surface area contributed by atoms with Gasteiger partial charge in [0, 0.05) is 37.9 Å². The Kier molecular flexibility index (Phi) is 4.47. The number of hydrogen-bond donors (Lipinski definition) is 0. The molecule has 0 radical (unpaired) electrons. The van der Waals surface area contributed by atoms with Gasteiger partial charge in [0.05, 0.1) is 5.69 Å². The summed E-state index contributed by atoms with van der Waals surface area (Å²) < 4.78 is 14.4. The Bertz CT molecular complexity index is 954. The molecule has 5 nitrogen and oxygen atoms in total. The average molecular weight is 375 g/mol. The number of rotatable bonds is 4. The molecule has 3 heterocycles. The van der Waals surface area contributed by atoms with E-state index in [0.717, 1.165) is 43.6 Å². The average Bonchev–Trinajstić information content (AvgIpc) is 3.56. The van der Waals surface area contributed by atoms with Crippen molar-refractivity contribution in [3.05, 3.63) is 66.0 Å². The highest BCUT2D eigenvalue weighted by Gasteiger charge is 2.40. The summed E-state index contributed by atoms with van der Waals surface area (Å²) in [5, 5.41) is 0. The molecule has 0 amide bonds. The second-order valence-corrected chi connectivity index (χ2v) is 7.62. The highest BCUT2D eigenvalue weighted by molar-refractivity contribution is 5.53. The Morgan fingerprint density at radius 2 is 1.50 bits per heavy atom. The van der Waals surface area contributed by atoms with Gasteiger partial charge in [-0.15, -0.1) is 0 Å². The molecule has 1 saturated carbocycles. The zero-order valence-corrected chi connectivity index (χ0v) is 15.6. The molecule has 28 heavy (non-hydrogen) atoms. The molecule has 1 aliphatic heterocycles. The number of piperidine rings is 1. The number of halogens is 1. The molecule has 5 rings (SSSR count). The molecule has 0 bridgehead atoms. The molecule has 2 aromatic heterocycles. The van der Waals surface area contributed by atoms with Crippen molar-refractivity contribution in [3.8, 4) is 11.6 Å². The minimum Gasteiger partial charge on any atom is -0.369 e. The van der Waals surface area contributed by atoms with Crippen molar-refractivity contribution in [1.29, 1.82) is 0 Å². The van der Waals surface area contributed by atoms with Crippen LogP contribution in [0.1, 0.15) is 48.6 Å². The van der Waals surface area contributed by atoms with Gasteiger partial charge in [-0.25, -0.2) is 24.3 Å². The minimum absolute atomic E-state index is 0.113. The summed E-state index contributed by atoms with van der Waals surface area (Å²) >= 11 is 0. The lowest BCUT2D eigenvalue weighted by atomic mass is 10.0. The lowest BCUT2D eigenvalue weighted by Gasteiger charge is -2.29. The molecule has 3 aromatic rings. The quantitative estimate of drug-likeness (QED) is 0.679. The molecule has 1 aliphatic carbocycles. The van der Waals surface area contributed by atoms with E-state index in [1.807, 2.05) is 18.5 Å². The van der Waals surface area contributed by atoms with Crippen LogP contribution in [0.25, 0.3) is 11.6 Å². The molecule has 2 atom stereocenters. The van der Waals surface area contributed by atoms with Crippen LogP contribution in [0, 0.1) is 5.82 Å². The first-order chi connectivity index (χ1) is 13.8. The van der Waals surface area contributed by atoms with Gasteiger partial charge in [0.25, 0.3) is 0 Å². The van der Waals surface area contributed by atoms with E-state index in [1.165, 1.54) is 12.0 Å². The van der Waals surface area contributed by atoms with Crippen molar-refractivity contribution in [2.45, 2.75) is 37.5 Å². The van der Waals surface area contributed by atoms with Gasteiger partial charge in [0.1, 0.15) is 5.82 Å². The predicted molar refractivity (Wildman–Crippen MR) is 106 cm³/mol. The first kappa shape index (κ1) is 17.2. The molecular weight excluding hydrogens is 353 g/mol. The van der Waals surface area contributed by atoms with Crippen LogP contribution in [0.4, 0.5) is 10.1 Å².